The first-order chi connectivity index (χ1) is 8.92. The molecule has 0 aliphatic rings. The first-order valence-electron chi connectivity index (χ1n) is 5.94. The van der Waals surface area contributed by atoms with Gasteiger partial charge in [0, 0.05) is 12.5 Å². The average molecular weight is 319 g/mol. The van der Waals surface area contributed by atoms with E-state index in [-0.39, 0.29) is 18.4 Å². The van der Waals surface area contributed by atoms with Gasteiger partial charge in [0.15, 0.2) is 0 Å². The third kappa shape index (κ3) is 5.76. The van der Waals surface area contributed by atoms with E-state index in [1.54, 1.807) is 18.2 Å². The van der Waals surface area contributed by atoms with E-state index in [4.69, 9.17) is 41.2 Å². The minimum absolute atomic E-state index is 0.0206. The van der Waals surface area contributed by atoms with Crippen molar-refractivity contribution in [3.8, 4) is 0 Å². The maximum absolute atomic E-state index is 11.9. The number of hydrogen-bond donors (Lipinski definition) is 2. The Hall–Kier alpha value is -0.840. The molecule has 0 fully saturated rings. The SMILES string of the molecule is CCC(CC(N)=S)NC(=O)Cc1ccc(Cl)c(Cl)c1. The molecule has 1 amide bonds. The summed E-state index contributed by atoms with van der Waals surface area (Å²) in [6.07, 6.45) is 1.55. The molecule has 1 aromatic rings. The van der Waals surface area contributed by atoms with Crippen molar-refractivity contribution >= 4 is 46.3 Å². The van der Waals surface area contributed by atoms with Gasteiger partial charge < -0.3 is 11.1 Å². The van der Waals surface area contributed by atoms with Crippen LogP contribution in [0.25, 0.3) is 0 Å². The second kappa shape index (κ2) is 7.68. The molecule has 6 heteroatoms. The number of carbonyl (C=O) groups is 1. The van der Waals surface area contributed by atoms with E-state index in [2.05, 4.69) is 5.32 Å². The molecule has 0 aromatic heterocycles. The second-order valence-corrected chi connectivity index (χ2v) is 5.61. The Kier molecular flexibility index (Phi) is 6.55. The highest BCUT2D eigenvalue weighted by Gasteiger charge is 2.12. The van der Waals surface area contributed by atoms with Crippen LogP contribution in [0.15, 0.2) is 18.2 Å². The van der Waals surface area contributed by atoms with Gasteiger partial charge in [0.05, 0.1) is 21.5 Å². The summed E-state index contributed by atoms with van der Waals surface area (Å²) in [5.74, 6) is -0.0820. The number of thiocarbonyl (C=S) groups is 1. The second-order valence-electron chi connectivity index (χ2n) is 4.27. The van der Waals surface area contributed by atoms with Gasteiger partial charge in [0.2, 0.25) is 5.91 Å². The van der Waals surface area contributed by atoms with Crippen LogP contribution in [0.1, 0.15) is 25.3 Å². The summed E-state index contributed by atoms with van der Waals surface area (Å²) < 4.78 is 0. The first kappa shape index (κ1) is 16.2. The smallest absolute Gasteiger partial charge is 0.224 e. The number of amides is 1. The van der Waals surface area contributed by atoms with Gasteiger partial charge in [-0.3, -0.25) is 4.79 Å². The van der Waals surface area contributed by atoms with Crippen molar-refractivity contribution in [3.63, 3.8) is 0 Å². The summed E-state index contributed by atoms with van der Waals surface area (Å²) in [6.45, 7) is 1.97. The molecular weight excluding hydrogens is 303 g/mol. The highest BCUT2D eigenvalue weighted by molar-refractivity contribution is 7.80. The monoisotopic (exact) mass is 318 g/mol. The van der Waals surface area contributed by atoms with E-state index in [0.717, 1.165) is 12.0 Å². The first-order valence-corrected chi connectivity index (χ1v) is 7.10. The molecule has 1 atom stereocenters. The number of carbonyl (C=O) groups excluding carboxylic acids is 1. The Morgan fingerprint density at radius 2 is 2.11 bits per heavy atom. The maximum atomic E-state index is 11.9. The molecule has 0 aliphatic carbocycles. The zero-order chi connectivity index (χ0) is 14.4. The van der Waals surface area contributed by atoms with Gasteiger partial charge in [0.1, 0.15) is 0 Å². The van der Waals surface area contributed by atoms with E-state index in [1.165, 1.54) is 0 Å². The predicted octanol–water partition coefficient (Wildman–Crippen LogP) is 3.11. The number of nitrogens with one attached hydrogen (secondary N) is 1. The topological polar surface area (TPSA) is 55.1 Å². The number of rotatable bonds is 6. The zero-order valence-corrected chi connectivity index (χ0v) is 12.9. The summed E-state index contributed by atoms with van der Waals surface area (Å²) in [4.78, 5) is 12.3. The van der Waals surface area contributed by atoms with Crippen molar-refractivity contribution in [1.29, 1.82) is 0 Å². The largest absolute Gasteiger partial charge is 0.393 e. The van der Waals surface area contributed by atoms with Crippen LogP contribution in [0.5, 0.6) is 0 Å². The van der Waals surface area contributed by atoms with Gasteiger partial charge in [0.25, 0.3) is 0 Å². The summed E-state index contributed by atoms with van der Waals surface area (Å²) >= 11 is 16.6. The molecule has 0 spiro atoms. The standard InChI is InChI=1S/C13H16Cl2N2OS/c1-2-9(7-12(16)19)17-13(18)6-8-3-4-10(14)11(15)5-8/h3-5,9H,2,6-7H2,1H3,(H2,16,19)(H,17,18). The molecule has 0 saturated heterocycles. The van der Waals surface area contributed by atoms with Crippen LogP contribution in [0.2, 0.25) is 10.0 Å². The van der Waals surface area contributed by atoms with Gasteiger partial charge >= 0.3 is 0 Å². The predicted molar refractivity (Wildman–Crippen MR) is 83.8 cm³/mol. The Labute approximate surface area is 128 Å². The number of benzene rings is 1. The van der Waals surface area contributed by atoms with Gasteiger partial charge in [-0.05, 0) is 24.1 Å². The van der Waals surface area contributed by atoms with Crippen molar-refractivity contribution in [1.82, 2.24) is 5.32 Å². The van der Waals surface area contributed by atoms with Crippen LogP contribution in [0.3, 0.4) is 0 Å². The molecular formula is C13H16Cl2N2OS. The molecule has 0 saturated carbocycles. The average Bonchev–Trinajstić information content (AvgIpc) is 2.32. The number of hydrogen-bond acceptors (Lipinski definition) is 2. The van der Waals surface area contributed by atoms with E-state index in [1.807, 2.05) is 6.92 Å². The lowest BCUT2D eigenvalue weighted by Gasteiger charge is -2.16. The lowest BCUT2D eigenvalue weighted by atomic mass is 10.1. The maximum Gasteiger partial charge on any atom is 0.224 e. The zero-order valence-electron chi connectivity index (χ0n) is 10.6. The van der Waals surface area contributed by atoms with Gasteiger partial charge in [-0.2, -0.15) is 0 Å². The van der Waals surface area contributed by atoms with Crippen LogP contribution in [-0.2, 0) is 11.2 Å². The Balaban J connectivity index is 2.58. The minimum Gasteiger partial charge on any atom is -0.393 e. The van der Waals surface area contributed by atoms with Gasteiger partial charge in [-0.1, -0.05) is 48.4 Å². The van der Waals surface area contributed by atoms with Gasteiger partial charge in [-0.25, -0.2) is 0 Å². The lowest BCUT2D eigenvalue weighted by molar-refractivity contribution is -0.121. The van der Waals surface area contributed by atoms with Crippen molar-refractivity contribution in [2.75, 3.05) is 0 Å². The van der Waals surface area contributed by atoms with Crippen molar-refractivity contribution < 1.29 is 4.79 Å². The van der Waals surface area contributed by atoms with Crippen molar-refractivity contribution in [2.24, 2.45) is 5.73 Å². The molecule has 0 aliphatic heterocycles. The van der Waals surface area contributed by atoms with Crippen LogP contribution in [0, 0.1) is 0 Å². The quantitative estimate of drug-likeness (QED) is 0.792. The fraction of sp³-hybridized carbons (Fsp3) is 0.385. The number of nitrogens with two attached hydrogens (primary N) is 1. The third-order valence-corrected chi connectivity index (χ3v) is 3.56. The number of halogens is 2. The summed E-state index contributed by atoms with van der Waals surface area (Å²) in [6, 6.07) is 5.13. The Morgan fingerprint density at radius 1 is 1.42 bits per heavy atom. The minimum atomic E-state index is -0.0820. The molecule has 3 nitrogen and oxygen atoms in total. The Bertz CT molecular complexity index is 480. The highest BCUT2D eigenvalue weighted by Crippen LogP contribution is 2.22. The molecule has 3 N–H and O–H groups in total. The van der Waals surface area contributed by atoms with Crippen molar-refractivity contribution in [3.05, 3.63) is 33.8 Å². The molecule has 19 heavy (non-hydrogen) atoms. The fourth-order valence-electron chi connectivity index (χ4n) is 1.65. The fourth-order valence-corrected chi connectivity index (χ4v) is 2.18. The highest BCUT2D eigenvalue weighted by atomic mass is 35.5. The molecule has 0 heterocycles. The van der Waals surface area contributed by atoms with Crippen LogP contribution in [0.4, 0.5) is 0 Å². The summed E-state index contributed by atoms with van der Waals surface area (Å²) in [7, 11) is 0. The van der Waals surface area contributed by atoms with E-state index >= 15 is 0 Å². The van der Waals surface area contributed by atoms with Crippen molar-refractivity contribution in [2.45, 2.75) is 32.2 Å². The molecule has 1 unspecified atom stereocenters. The van der Waals surface area contributed by atoms with Gasteiger partial charge in [-0.15, -0.1) is 0 Å². The normalized spacial score (nSPS) is 11.9. The molecule has 104 valence electrons. The van der Waals surface area contributed by atoms with Crippen LogP contribution in [-0.4, -0.2) is 16.9 Å². The molecule has 1 rings (SSSR count). The van der Waals surface area contributed by atoms with E-state index < -0.39 is 0 Å². The van der Waals surface area contributed by atoms with E-state index in [0.29, 0.717) is 21.5 Å². The lowest BCUT2D eigenvalue weighted by Crippen LogP contribution is -2.37. The summed E-state index contributed by atoms with van der Waals surface area (Å²) in [5, 5.41) is 3.82. The molecule has 0 radical (unpaired) electrons. The van der Waals surface area contributed by atoms with Crippen LogP contribution >= 0.6 is 35.4 Å². The third-order valence-electron chi connectivity index (χ3n) is 2.65. The molecule has 0 bridgehead atoms. The summed E-state index contributed by atoms with van der Waals surface area (Å²) in [5.41, 5.74) is 6.30. The molecule has 1 aromatic carbocycles. The Morgan fingerprint density at radius 3 is 2.63 bits per heavy atom. The van der Waals surface area contributed by atoms with E-state index in [9.17, 15) is 4.79 Å². The van der Waals surface area contributed by atoms with Crippen LogP contribution < -0.4 is 11.1 Å².